The highest BCUT2D eigenvalue weighted by molar-refractivity contribution is 6.44. The molecule has 0 atom stereocenters. The number of nitrogens with one attached hydrogen (secondary N) is 2. The lowest BCUT2D eigenvalue weighted by atomic mass is 10.1. The Morgan fingerprint density at radius 3 is 2.15 bits per heavy atom. The Kier molecular flexibility index (Phi) is 5.46. The van der Waals surface area contributed by atoms with Crippen LogP contribution in [0.1, 0.15) is 5.56 Å². The molecule has 2 aromatic rings. The average Bonchev–Trinajstić information content (AvgIpc) is 2.55. The highest BCUT2D eigenvalue weighted by Gasteiger charge is 2.34. The largest absolute Gasteiger partial charge is 0.418 e. The number of carbonyl (C=O) groups excluding carboxylic acids is 2. The molecule has 136 valence electrons. The van der Waals surface area contributed by atoms with E-state index < -0.39 is 39.9 Å². The third-order valence-electron chi connectivity index (χ3n) is 3.09. The molecule has 0 heterocycles. The van der Waals surface area contributed by atoms with Crippen LogP contribution in [0.25, 0.3) is 0 Å². The van der Waals surface area contributed by atoms with Crippen LogP contribution >= 0.6 is 11.6 Å². The van der Waals surface area contributed by atoms with Gasteiger partial charge >= 0.3 is 18.0 Å². The van der Waals surface area contributed by atoms with Gasteiger partial charge in [-0.3, -0.25) is 19.7 Å². The van der Waals surface area contributed by atoms with Gasteiger partial charge in [-0.05, 0) is 24.3 Å². The highest BCUT2D eigenvalue weighted by Crippen LogP contribution is 2.36. The van der Waals surface area contributed by atoms with Crippen molar-refractivity contribution in [3.63, 3.8) is 0 Å². The van der Waals surface area contributed by atoms with Gasteiger partial charge in [0.2, 0.25) is 0 Å². The van der Waals surface area contributed by atoms with E-state index in [9.17, 15) is 32.9 Å². The number of benzene rings is 2. The van der Waals surface area contributed by atoms with Crippen LogP contribution in [0.3, 0.4) is 0 Å². The molecular formula is C15H9ClF3N3O4. The minimum Gasteiger partial charge on any atom is -0.317 e. The normalized spacial score (nSPS) is 10.9. The molecule has 0 aliphatic rings. The fourth-order valence-corrected chi connectivity index (χ4v) is 2.13. The van der Waals surface area contributed by atoms with Gasteiger partial charge in [-0.15, -0.1) is 0 Å². The molecule has 0 saturated heterocycles. The van der Waals surface area contributed by atoms with Crippen molar-refractivity contribution in [2.45, 2.75) is 6.18 Å². The summed E-state index contributed by atoms with van der Waals surface area (Å²) < 4.78 is 38.9. The third kappa shape index (κ3) is 4.48. The van der Waals surface area contributed by atoms with Gasteiger partial charge in [-0.2, -0.15) is 13.2 Å². The molecule has 0 unspecified atom stereocenters. The SMILES string of the molecule is O=C(Nc1ccccc1[N+](=O)[O-])C(=O)Nc1ccc(Cl)cc1C(F)(F)F. The maximum atomic E-state index is 13.0. The van der Waals surface area contributed by atoms with Crippen molar-refractivity contribution in [3.05, 3.63) is 63.2 Å². The molecular weight excluding hydrogens is 379 g/mol. The van der Waals surface area contributed by atoms with Gasteiger partial charge in [-0.1, -0.05) is 23.7 Å². The van der Waals surface area contributed by atoms with E-state index in [1.54, 1.807) is 0 Å². The van der Waals surface area contributed by atoms with Crippen molar-refractivity contribution < 1.29 is 27.7 Å². The zero-order valence-corrected chi connectivity index (χ0v) is 13.4. The number of nitro benzene ring substituents is 1. The number of hydrogen-bond donors (Lipinski definition) is 2. The third-order valence-corrected chi connectivity index (χ3v) is 3.33. The zero-order chi connectivity index (χ0) is 19.5. The number of nitrogens with zero attached hydrogens (tertiary/aromatic N) is 1. The predicted molar refractivity (Wildman–Crippen MR) is 86.8 cm³/mol. The molecule has 0 spiro atoms. The molecule has 26 heavy (non-hydrogen) atoms. The minimum absolute atomic E-state index is 0.209. The van der Waals surface area contributed by atoms with Gasteiger partial charge in [0.05, 0.1) is 16.2 Å². The van der Waals surface area contributed by atoms with Crippen molar-refractivity contribution in [2.24, 2.45) is 0 Å². The summed E-state index contributed by atoms with van der Waals surface area (Å²) in [7, 11) is 0. The van der Waals surface area contributed by atoms with Crippen LogP contribution in [-0.4, -0.2) is 16.7 Å². The van der Waals surface area contributed by atoms with Gasteiger partial charge in [0, 0.05) is 11.1 Å². The molecule has 0 aliphatic heterocycles. The van der Waals surface area contributed by atoms with Crippen LogP contribution in [0.5, 0.6) is 0 Å². The number of para-hydroxylation sites is 2. The minimum atomic E-state index is -4.82. The fraction of sp³-hybridized carbons (Fsp3) is 0.0667. The van der Waals surface area contributed by atoms with Crippen LogP contribution in [0.15, 0.2) is 42.5 Å². The molecule has 0 bridgehead atoms. The predicted octanol–water partition coefficient (Wildman–Crippen LogP) is 3.84. The topological polar surface area (TPSA) is 101 Å². The quantitative estimate of drug-likeness (QED) is 0.474. The fourth-order valence-electron chi connectivity index (χ4n) is 1.96. The molecule has 0 radical (unpaired) electrons. The number of halogens is 4. The van der Waals surface area contributed by atoms with E-state index in [0.717, 1.165) is 18.2 Å². The summed E-state index contributed by atoms with van der Waals surface area (Å²) >= 11 is 5.52. The van der Waals surface area contributed by atoms with E-state index in [-0.39, 0.29) is 10.7 Å². The molecule has 0 aliphatic carbocycles. The molecule has 2 rings (SSSR count). The summed E-state index contributed by atoms with van der Waals surface area (Å²) in [5.74, 6) is -2.81. The van der Waals surface area contributed by atoms with Gasteiger partial charge < -0.3 is 10.6 Å². The van der Waals surface area contributed by atoms with Gasteiger partial charge in [-0.25, -0.2) is 0 Å². The number of alkyl halides is 3. The Morgan fingerprint density at radius 2 is 1.58 bits per heavy atom. The Morgan fingerprint density at radius 1 is 1.00 bits per heavy atom. The van der Waals surface area contributed by atoms with Crippen molar-refractivity contribution in [1.82, 2.24) is 0 Å². The Labute approximate surface area is 148 Å². The second-order valence-electron chi connectivity index (χ2n) is 4.87. The summed E-state index contributed by atoms with van der Waals surface area (Å²) in [5.41, 5.74) is -2.66. The number of hydrogen-bond acceptors (Lipinski definition) is 4. The number of amides is 2. The van der Waals surface area contributed by atoms with E-state index in [1.165, 1.54) is 18.2 Å². The lowest BCUT2D eigenvalue weighted by Gasteiger charge is -2.14. The second kappa shape index (κ2) is 7.40. The Balaban J connectivity index is 2.21. The lowest BCUT2D eigenvalue weighted by Crippen LogP contribution is -2.30. The van der Waals surface area contributed by atoms with Crippen molar-refractivity contribution in [3.8, 4) is 0 Å². The van der Waals surface area contributed by atoms with Crippen molar-refractivity contribution >= 4 is 40.5 Å². The van der Waals surface area contributed by atoms with Gasteiger partial charge in [0.1, 0.15) is 5.69 Å². The Bertz CT molecular complexity index is 887. The molecule has 11 heteroatoms. The first-order valence-corrected chi connectivity index (χ1v) is 7.20. The lowest BCUT2D eigenvalue weighted by molar-refractivity contribution is -0.383. The maximum Gasteiger partial charge on any atom is 0.418 e. The Hall–Kier alpha value is -3.14. The average molecular weight is 388 g/mol. The van der Waals surface area contributed by atoms with E-state index in [4.69, 9.17) is 11.6 Å². The summed E-state index contributed by atoms with van der Waals surface area (Å²) in [4.78, 5) is 33.8. The molecule has 2 N–H and O–H groups in total. The van der Waals surface area contributed by atoms with Crippen LogP contribution in [0, 0.1) is 10.1 Å². The number of anilines is 2. The van der Waals surface area contributed by atoms with Crippen LogP contribution in [-0.2, 0) is 15.8 Å². The summed E-state index contributed by atoms with van der Waals surface area (Å²) in [6.07, 6.45) is -4.82. The molecule has 7 nitrogen and oxygen atoms in total. The van der Waals surface area contributed by atoms with Crippen molar-refractivity contribution in [1.29, 1.82) is 0 Å². The van der Waals surface area contributed by atoms with Crippen LogP contribution in [0.2, 0.25) is 5.02 Å². The van der Waals surface area contributed by atoms with E-state index >= 15 is 0 Å². The number of nitro groups is 1. The summed E-state index contributed by atoms with van der Waals surface area (Å²) in [6, 6.07) is 7.57. The van der Waals surface area contributed by atoms with Crippen LogP contribution in [0.4, 0.5) is 30.2 Å². The first-order chi connectivity index (χ1) is 12.1. The second-order valence-corrected chi connectivity index (χ2v) is 5.31. The molecule has 2 aromatic carbocycles. The molecule has 0 aromatic heterocycles. The van der Waals surface area contributed by atoms with Crippen molar-refractivity contribution in [2.75, 3.05) is 10.6 Å². The molecule has 2 amide bonds. The summed E-state index contributed by atoms with van der Waals surface area (Å²) in [5, 5.41) is 14.5. The van der Waals surface area contributed by atoms with E-state index in [1.807, 2.05) is 10.6 Å². The molecule has 0 fully saturated rings. The zero-order valence-electron chi connectivity index (χ0n) is 12.6. The van der Waals surface area contributed by atoms with Crippen LogP contribution < -0.4 is 10.6 Å². The van der Waals surface area contributed by atoms with Gasteiger partial charge in [0.15, 0.2) is 0 Å². The molecule has 0 saturated carbocycles. The highest BCUT2D eigenvalue weighted by atomic mass is 35.5. The van der Waals surface area contributed by atoms with E-state index in [2.05, 4.69) is 0 Å². The first-order valence-electron chi connectivity index (χ1n) is 6.82. The standard InChI is InChI=1S/C15H9ClF3N3O4/c16-8-5-6-10(9(7-8)15(17,18)19)20-13(23)14(24)21-11-3-1-2-4-12(11)22(25)26/h1-7H,(H,20,23)(H,21,24). The maximum absolute atomic E-state index is 13.0. The number of carbonyl (C=O) groups is 2. The van der Waals surface area contributed by atoms with Gasteiger partial charge in [0.25, 0.3) is 5.69 Å². The first kappa shape index (κ1) is 19.2. The summed E-state index contributed by atoms with van der Waals surface area (Å²) in [6.45, 7) is 0. The smallest absolute Gasteiger partial charge is 0.317 e. The monoisotopic (exact) mass is 387 g/mol. The number of rotatable bonds is 3. The van der Waals surface area contributed by atoms with E-state index in [0.29, 0.717) is 6.07 Å².